The summed E-state index contributed by atoms with van der Waals surface area (Å²) in [5, 5.41) is 2.97. The smallest absolute Gasteiger partial charge is 0.243 e. The Bertz CT molecular complexity index is 738. The molecule has 0 radical (unpaired) electrons. The Morgan fingerprint density at radius 3 is 3.00 bits per heavy atom. The van der Waals surface area contributed by atoms with Gasteiger partial charge in [0.15, 0.2) is 4.96 Å². The van der Waals surface area contributed by atoms with Crippen molar-refractivity contribution in [3.63, 3.8) is 0 Å². The summed E-state index contributed by atoms with van der Waals surface area (Å²) < 4.78 is 7.63. The molecular weight excluding hydrogens is 305 g/mol. The molecule has 3 rings (SSSR count). The minimum absolute atomic E-state index is 0.325. The fourth-order valence-electron chi connectivity index (χ4n) is 1.74. The van der Waals surface area contributed by atoms with Gasteiger partial charge in [-0.05, 0) is 12.1 Å². The van der Waals surface area contributed by atoms with Crippen molar-refractivity contribution >= 4 is 39.5 Å². The minimum atomic E-state index is 0.325. The van der Waals surface area contributed by atoms with E-state index in [0.717, 1.165) is 10.7 Å². The molecule has 0 saturated heterocycles. The number of fused-ring (bicyclic) bond motifs is 1. The molecular formula is C12H9Cl2N3OS. The van der Waals surface area contributed by atoms with Crippen LogP contribution in [0, 0.1) is 0 Å². The Labute approximate surface area is 123 Å². The fraction of sp³-hybridized carbons (Fsp3) is 0.0833. The maximum absolute atomic E-state index is 6.07. The highest BCUT2D eigenvalue weighted by atomic mass is 35.5. The molecule has 2 N–H and O–H groups in total. The second-order valence-electron chi connectivity index (χ2n) is 3.80. The highest BCUT2D eigenvalue weighted by molar-refractivity contribution is 7.15. The average molecular weight is 314 g/mol. The third kappa shape index (κ3) is 2.30. The van der Waals surface area contributed by atoms with E-state index in [4.69, 9.17) is 33.7 Å². The average Bonchev–Trinajstić information content (AvgIpc) is 2.94. The Morgan fingerprint density at radius 1 is 1.37 bits per heavy atom. The Morgan fingerprint density at radius 2 is 2.21 bits per heavy atom. The molecule has 19 heavy (non-hydrogen) atoms. The molecule has 0 atom stereocenters. The summed E-state index contributed by atoms with van der Waals surface area (Å²) >= 11 is 13.5. The number of ether oxygens (including phenoxy) is 1. The molecule has 2 heterocycles. The first kappa shape index (κ1) is 12.7. The van der Waals surface area contributed by atoms with E-state index in [2.05, 4.69) is 4.98 Å². The van der Waals surface area contributed by atoms with Crippen LogP contribution in [-0.4, -0.2) is 9.38 Å². The van der Waals surface area contributed by atoms with Crippen LogP contribution in [-0.2, 0) is 6.54 Å². The molecule has 0 amide bonds. The second kappa shape index (κ2) is 5.02. The van der Waals surface area contributed by atoms with Crippen LogP contribution in [0.2, 0.25) is 10.0 Å². The molecule has 0 bridgehead atoms. The van der Waals surface area contributed by atoms with Gasteiger partial charge >= 0.3 is 0 Å². The van der Waals surface area contributed by atoms with Gasteiger partial charge in [0.25, 0.3) is 0 Å². The summed E-state index contributed by atoms with van der Waals surface area (Å²) in [4.78, 5) is 5.21. The number of thiazole rings is 1. The topological polar surface area (TPSA) is 52.5 Å². The second-order valence-corrected chi connectivity index (χ2v) is 5.52. The summed E-state index contributed by atoms with van der Waals surface area (Å²) in [5.74, 6) is 0.924. The zero-order chi connectivity index (χ0) is 13.4. The van der Waals surface area contributed by atoms with Crippen molar-refractivity contribution in [1.29, 1.82) is 0 Å². The normalized spacial score (nSPS) is 11.1. The van der Waals surface area contributed by atoms with Crippen molar-refractivity contribution in [2.45, 2.75) is 6.54 Å². The first-order valence-electron chi connectivity index (χ1n) is 5.46. The lowest BCUT2D eigenvalue weighted by atomic mass is 10.3. The number of hydrogen-bond donors (Lipinski definition) is 1. The van der Waals surface area contributed by atoms with Crippen LogP contribution in [0.1, 0.15) is 5.69 Å². The van der Waals surface area contributed by atoms with E-state index in [0.29, 0.717) is 28.2 Å². The molecule has 1 aromatic carbocycles. The number of halogens is 2. The molecule has 7 heteroatoms. The zero-order valence-corrected chi connectivity index (χ0v) is 12.0. The van der Waals surface area contributed by atoms with E-state index in [9.17, 15) is 0 Å². The first-order valence-corrected chi connectivity index (χ1v) is 7.10. The van der Waals surface area contributed by atoms with E-state index in [1.54, 1.807) is 18.2 Å². The maximum Gasteiger partial charge on any atom is 0.243 e. The monoisotopic (exact) mass is 313 g/mol. The fourth-order valence-corrected chi connectivity index (χ4v) is 2.78. The van der Waals surface area contributed by atoms with Gasteiger partial charge in [-0.25, -0.2) is 0 Å². The van der Waals surface area contributed by atoms with Gasteiger partial charge in [0.05, 0.1) is 5.02 Å². The summed E-state index contributed by atoms with van der Waals surface area (Å²) in [7, 11) is 0. The van der Waals surface area contributed by atoms with E-state index < -0.39 is 0 Å². The minimum Gasteiger partial charge on any atom is -0.436 e. The summed E-state index contributed by atoms with van der Waals surface area (Å²) in [5.41, 5.74) is 6.55. The van der Waals surface area contributed by atoms with Gasteiger partial charge in [0, 0.05) is 29.2 Å². The summed E-state index contributed by atoms with van der Waals surface area (Å²) in [6, 6.07) is 5.03. The van der Waals surface area contributed by atoms with Crippen molar-refractivity contribution in [1.82, 2.24) is 9.38 Å². The molecule has 0 aliphatic rings. The quantitative estimate of drug-likeness (QED) is 0.796. The first-order chi connectivity index (χ1) is 9.19. The van der Waals surface area contributed by atoms with E-state index in [1.165, 1.54) is 11.3 Å². The van der Waals surface area contributed by atoms with Gasteiger partial charge < -0.3 is 10.5 Å². The van der Waals surface area contributed by atoms with E-state index in [-0.39, 0.29) is 0 Å². The number of benzene rings is 1. The van der Waals surface area contributed by atoms with Gasteiger partial charge in [-0.1, -0.05) is 23.2 Å². The van der Waals surface area contributed by atoms with Crippen LogP contribution in [0.3, 0.4) is 0 Å². The molecule has 0 saturated carbocycles. The van der Waals surface area contributed by atoms with Crippen LogP contribution in [0.5, 0.6) is 11.6 Å². The Hall–Kier alpha value is -1.27. The predicted octanol–water partition coefficient (Wildman–Crippen LogP) is 3.95. The van der Waals surface area contributed by atoms with Crippen LogP contribution in [0.15, 0.2) is 29.8 Å². The Kier molecular flexibility index (Phi) is 3.36. The van der Waals surface area contributed by atoms with Crippen molar-refractivity contribution in [3.8, 4) is 11.6 Å². The highest BCUT2D eigenvalue weighted by Gasteiger charge is 2.15. The molecule has 98 valence electrons. The molecule has 0 fully saturated rings. The summed E-state index contributed by atoms with van der Waals surface area (Å²) in [6.07, 6.45) is 1.90. The SMILES string of the molecule is NCc1c(Oc2cc(Cl)ccc2Cl)nc2sccn12. The highest BCUT2D eigenvalue weighted by Crippen LogP contribution is 2.33. The third-order valence-electron chi connectivity index (χ3n) is 2.62. The lowest BCUT2D eigenvalue weighted by Gasteiger charge is -2.06. The standard InChI is InChI=1S/C12H9Cl2N3OS/c13-7-1-2-8(14)10(5-7)18-11-9(6-15)17-3-4-19-12(17)16-11/h1-5H,6,15H2. The van der Waals surface area contributed by atoms with Crippen LogP contribution >= 0.6 is 34.5 Å². The van der Waals surface area contributed by atoms with Gasteiger partial charge in [0.2, 0.25) is 5.88 Å². The molecule has 0 aliphatic carbocycles. The van der Waals surface area contributed by atoms with Gasteiger partial charge in [0.1, 0.15) is 11.4 Å². The number of aromatic nitrogens is 2. The lowest BCUT2D eigenvalue weighted by molar-refractivity contribution is 0.459. The third-order valence-corrected chi connectivity index (χ3v) is 3.92. The predicted molar refractivity (Wildman–Crippen MR) is 77.5 cm³/mol. The molecule has 2 aromatic heterocycles. The van der Waals surface area contributed by atoms with Crippen molar-refractivity contribution in [2.75, 3.05) is 0 Å². The molecule has 3 aromatic rings. The number of nitrogens with zero attached hydrogens (tertiary/aromatic N) is 2. The van der Waals surface area contributed by atoms with Gasteiger partial charge in [-0.15, -0.1) is 11.3 Å². The Balaban J connectivity index is 2.05. The van der Waals surface area contributed by atoms with Crippen LogP contribution in [0.25, 0.3) is 4.96 Å². The van der Waals surface area contributed by atoms with Crippen LogP contribution in [0.4, 0.5) is 0 Å². The number of nitrogens with two attached hydrogens (primary N) is 1. The summed E-state index contributed by atoms with van der Waals surface area (Å²) in [6.45, 7) is 0.325. The number of imidazole rings is 1. The van der Waals surface area contributed by atoms with Gasteiger partial charge in [-0.3, -0.25) is 4.40 Å². The molecule has 4 nitrogen and oxygen atoms in total. The molecule has 0 unspecified atom stereocenters. The van der Waals surface area contributed by atoms with Crippen molar-refractivity contribution in [3.05, 3.63) is 45.5 Å². The van der Waals surface area contributed by atoms with E-state index >= 15 is 0 Å². The lowest BCUT2D eigenvalue weighted by Crippen LogP contribution is -2.01. The van der Waals surface area contributed by atoms with E-state index in [1.807, 2.05) is 16.0 Å². The van der Waals surface area contributed by atoms with Crippen LogP contribution < -0.4 is 10.5 Å². The molecule has 0 aliphatic heterocycles. The van der Waals surface area contributed by atoms with Gasteiger partial charge in [-0.2, -0.15) is 4.98 Å². The largest absolute Gasteiger partial charge is 0.436 e. The van der Waals surface area contributed by atoms with Crippen molar-refractivity contribution < 1.29 is 4.74 Å². The number of hydrogen-bond acceptors (Lipinski definition) is 4. The zero-order valence-electron chi connectivity index (χ0n) is 9.64. The molecule has 0 spiro atoms. The number of rotatable bonds is 3. The van der Waals surface area contributed by atoms with Crippen molar-refractivity contribution in [2.24, 2.45) is 5.73 Å². The maximum atomic E-state index is 6.07.